The maximum absolute atomic E-state index is 12.5. The van der Waals surface area contributed by atoms with Gasteiger partial charge in [0, 0.05) is 24.9 Å². The van der Waals surface area contributed by atoms with Gasteiger partial charge in [-0.3, -0.25) is 9.59 Å². The van der Waals surface area contributed by atoms with E-state index in [0.29, 0.717) is 6.54 Å². The van der Waals surface area contributed by atoms with Crippen LogP contribution in [0.25, 0.3) is 11.1 Å². The third-order valence-electron chi connectivity index (χ3n) is 5.45. The molecule has 0 saturated carbocycles. The molecule has 2 amide bonds. The van der Waals surface area contributed by atoms with Gasteiger partial charge in [0.2, 0.25) is 5.91 Å². The summed E-state index contributed by atoms with van der Waals surface area (Å²) in [5.74, 6) is -1.27. The number of benzene rings is 2. The van der Waals surface area contributed by atoms with Crippen LogP contribution in [0.1, 0.15) is 44.2 Å². The summed E-state index contributed by atoms with van der Waals surface area (Å²) in [4.78, 5) is 37.3. The fourth-order valence-electron chi connectivity index (χ4n) is 4.14. The maximum atomic E-state index is 12.5. The largest absolute Gasteiger partial charge is 0.480 e. The smallest absolute Gasteiger partial charge is 0.407 e. The Morgan fingerprint density at radius 3 is 2.09 bits per heavy atom. The minimum atomic E-state index is -1.06. The molecule has 32 heavy (non-hydrogen) atoms. The van der Waals surface area contributed by atoms with Crippen molar-refractivity contribution in [2.45, 2.75) is 39.2 Å². The maximum Gasteiger partial charge on any atom is 0.407 e. The van der Waals surface area contributed by atoms with Crippen LogP contribution < -0.4 is 5.32 Å². The van der Waals surface area contributed by atoms with Crippen LogP contribution in [-0.4, -0.2) is 53.7 Å². The molecule has 0 fully saturated rings. The van der Waals surface area contributed by atoms with E-state index in [1.54, 1.807) is 6.92 Å². The minimum absolute atomic E-state index is 0.00416. The zero-order chi connectivity index (χ0) is 23.3. The zero-order valence-corrected chi connectivity index (χ0v) is 18.7. The van der Waals surface area contributed by atoms with Crippen molar-refractivity contribution in [3.05, 3.63) is 59.7 Å². The molecule has 0 aromatic heterocycles. The molecule has 7 nitrogen and oxygen atoms in total. The second kappa shape index (κ2) is 10.3. The Morgan fingerprint density at radius 1 is 1.00 bits per heavy atom. The Morgan fingerprint density at radius 2 is 1.56 bits per heavy atom. The normalized spacial score (nSPS) is 13.2. The number of aliphatic carboxylic acids is 1. The molecule has 0 heterocycles. The summed E-state index contributed by atoms with van der Waals surface area (Å²) in [5, 5.41) is 11.7. The van der Waals surface area contributed by atoms with Crippen LogP contribution in [0.4, 0.5) is 4.79 Å². The molecule has 1 aliphatic rings. The molecule has 0 aliphatic heterocycles. The first-order chi connectivity index (χ1) is 15.3. The number of alkyl carbamates (subject to hydrolysis) is 1. The highest BCUT2D eigenvalue weighted by atomic mass is 16.5. The van der Waals surface area contributed by atoms with Gasteiger partial charge in [-0.2, -0.15) is 0 Å². The van der Waals surface area contributed by atoms with Gasteiger partial charge in [-0.05, 0) is 35.1 Å². The number of amides is 2. The molecule has 0 unspecified atom stereocenters. The van der Waals surface area contributed by atoms with E-state index in [1.165, 1.54) is 4.90 Å². The van der Waals surface area contributed by atoms with Gasteiger partial charge in [0.15, 0.2) is 0 Å². The first-order valence-corrected chi connectivity index (χ1v) is 10.9. The number of carbonyl (C=O) groups is 3. The summed E-state index contributed by atoms with van der Waals surface area (Å²) in [5.41, 5.74) is 4.56. The van der Waals surface area contributed by atoms with Crippen molar-refractivity contribution in [2.75, 3.05) is 19.7 Å². The Labute approximate surface area is 188 Å². The van der Waals surface area contributed by atoms with Crippen LogP contribution in [0, 0.1) is 5.92 Å². The van der Waals surface area contributed by atoms with Gasteiger partial charge >= 0.3 is 12.1 Å². The fraction of sp³-hybridized carbons (Fsp3) is 0.400. The number of hydrogen-bond donors (Lipinski definition) is 2. The molecule has 0 bridgehead atoms. The van der Waals surface area contributed by atoms with E-state index in [9.17, 15) is 14.4 Å². The van der Waals surface area contributed by atoms with E-state index >= 15 is 0 Å². The van der Waals surface area contributed by atoms with Crippen molar-refractivity contribution in [1.29, 1.82) is 0 Å². The third-order valence-corrected chi connectivity index (χ3v) is 5.45. The second-order valence-corrected chi connectivity index (χ2v) is 8.64. The van der Waals surface area contributed by atoms with Crippen LogP contribution in [0.2, 0.25) is 0 Å². The second-order valence-electron chi connectivity index (χ2n) is 8.64. The highest BCUT2D eigenvalue weighted by Crippen LogP contribution is 2.44. The van der Waals surface area contributed by atoms with Crippen LogP contribution in [0.15, 0.2) is 48.5 Å². The molecule has 7 heteroatoms. The molecule has 0 spiro atoms. The van der Waals surface area contributed by atoms with E-state index < -0.39 is 18.1 Å². The Balaban J connectivity index is 1.56. The zero-order valence-electron chi connectivity index (χ0n) is 18.7. The predicted molar refractivity (Wildman–Crippen MR) is 121 cm³/mol. The van der Waals surface area contributed by atoms with Crippen LogP contribution in [0.3, 0.4) is 0 Å². The number of hydrogen-bond acceptors (Lipinski definition) is 4. The lowest BCUT2D eigenvalue weighted by atomic mass is 9.98. The van der Waals surface area contributed by atoms with Gasteiger partial charge in [-0.1, -0.05) is 62.4 Å². The number of carboxylic acids is 1. The van der Waals surface area contributed by atoms with E-state index in [-0.39, 0.29) is 37.3 Å². The van der Waals surface area contributed by atoms with Crippen LogP contribution >= 0.6 is 0 Å². The number of nitrogens with one attached hydrogen (secondary N) is 1. The topological polar surface area (TPSA) is 95.9 Å². The number of rotatable bonds is 9. The SMILES string of the molecule is CC(C)CN(CC(=O)O)C(=O)C[C@H](C)NC(=O)OCC1c2ccccc2-c2ccccc21. The van der Waals surface area contributed by atoms with Gasteiger partial charge in [0.25, 0.3) is 0 Å². The van der Waals surface area contributed by atoms with Crippen molar-refractivity contribution >= 4 is 18.0 Å². The molecule has 3 rings (SSSR count). The van der Waals surface area contributed by atoms with E-state index in [1.807, 2.05) is 50.2 Å². The van der Waals surface area contributed by atoms with Gasteiger partial charge in [0.1, 0.15) is 13.2 Å². The number of carboxylic acid groups (broad SMARTS) is 1. The standard InChI is InChI=1S/C25H30N2O5/c1-16(2)13-27(14-24(29)30)23(28)12-17(3)26-25(31)32-15-22-20-10-6-4-8-18(20)19-9-5-7-11-21(19)22/h4-11,16-17,22H,12-15H2,1-3H3,(H,26,31)(H,29,30)/t17-/m0/s1. The molecule has 2 aromatic carbocycles. The van der Waals surface area contributed by atoms with E-state index in [0.717, 1.165) is 22.3 Å². The fourth-order valence-corrected chi connectivity index (χ4v) is 4.14. The van der Waals surface area contributed by atoms with Gasteiger partial charge in [-0.15, -0.1) is 0 Å². The van der Waals surface area contributed by atoms with Crippen molar-refractivity contribution in [3.8, 4) is 11.1 Å². The van der Waals surface area contributed by atoms with Crippen LogP contribution in [0.5, 0.6) is 0 Å². The van der Waals surface area contributed by atoms with Gasteiger partial charge < -0.3 is 20.1 Å². The predicted octanol–water partition coefficient (Wildman–Crippen LogP) is 3.87. The van der Waals surface area contributed by atoms with Crippen molar-refractivity contribution in [1.82, 2.24) is 10.2 Å². The van der Waals surface area contributed by atoms with Crippen molar-refractivity contribution in [3.63, 3.8) is 0 Å². The Hall–Kier alpha value is -3.35. The molecular formula is C25H30N2O5. The Kier molecular flexibility index (Phi) is 7.51. The summed E-state index contributed by atoms with van der Waals surface area (Å²) in [6, 6.07) is 15.7. The minimum Gasteiger partial charge on any atom is -0.480 e. The molecule has 1 aliphatic carbocycles. The highest BCUT2D eigenvalue weighted by Gasteiger charge is 2.29. The van der Waals surface area contributed by atoms with Gasteiger partial charge in [0.05, 0.1) is 0 Å². The molecule has 1 atom stereocenters. The summed E-state index contributed by atoms with van der Waals surface area (Å²) in [6.45, 7) is 5.73. The lowest BCUT2D eigenvalue weighted by Gasteiger charge is -2.24. The van der Waals surface area contributed by atoms with Gasteiger partial charge in [-0.25, -0.2) is 4.79 Å². The molecule has 2 aromatic rings. The third kappa shape index (κ3) is 5.66. The first-order valence-electron chi connectivity index (χ1n) is 10.9. The summed E-state index contributed by atoms with van der Waals surface area (Å²) < 4.78 is 5.51. The summed E-state index contributed by atoms with van der Waals surface area (Å²) in [6.07, 6.45) is -0.592. The number of ether oxygens (including phenoxy) is 1. The number of carbonyl (C=O) groups excluding carboxylic acids is 2. The monoisotopic (exact) mass is 438 g/mol. The van der Waals surface area contributed by atoms with Crippen molar-refractivity contribution < 1.29 is 24.2 Å². The van der Waals surface area contributed by atoms with E-state index in [4.69, 9.17) is 9.84 Å². The lowest BCUT2D eigenvalue weighted by Crippen LogP contribution is -2.42. The lowest BCUT2D eigenvalue weighted by molar-refractivity contribution is -0.145. The van der Waals surface area contributed by atoms with Crippen LogP contribution in [-0.2, 0) is 14.3 Å². The molecule has 170 valence electrons. The number of nitrogens with zero attached hydrogens (tertiary/aromatic N) is 1. The first kappa shape index (κ1) is 23.3. The molecular weight excluding hydrogens is 408 g/mol. The highest BCUT2D eigenvalue weighted by molar-refractivity contribution is 5.82. The average Bonchev–Trinajstić information content (AvgIpc) is 3.05. The summed E-state index contributed by atoms with van der Waals surface area (Å²) >= 11 is 0. The summed E-state index contributed by atoms with van der Waals surface area (Å²) in [7, 11) is 0. The quantitative estimate of drug-likeness (QED) is 0.620. The van der Waals surface area contributed by atoms with E-state index in [2.05, 4.69) is 17.4 Å². The Bertz CT molecular complexity index is 942. The number of fused-ring (bicyclic) bond motifs is 3. The molecule has 0 radical (unpaired) electrons. The average molecular weight is 439 g/mol. The molecule has 2 N–H and O–H groups in total. The van der Waals surface area contributed by atoms with Crippen molar-refractivity contribution in [2.24, 2.45) is 5.92 Å². The molecule has 0 saturated heterocycles.